The number of benzene rings is 8. The Kier molecular flexibility index (Phi) is 12.2. The number of hydrogen-bond acceptors (Lipinski definition) is 5. The fraction of sp³-hybridized carbons (Fsp3) is 0.0769. The van der Waals surface area contributed by atoms with E-state index in [4.69, 9.17) is 4.74 Å². The van der Waals surface area contributed by atoms with Gasteiger partial charge in [-0.2, -0.15) is 0 Å². The van der Waals surface area contributed by atoms with Crippen molar-refractivity contribution in [2.75, 3.05) is 0 Å². The van der Waals surface area contributed by atoms with Crippen molar-refractivity contribution in [3.63, 3.8) is 0 Å². The first-order chi connectivity index (χ1) is 29.8. The molecule has 2 unspecified atom stereocenters. The lowest BCUT2D eigenvalue weighted by molar-refractivity contribution is -0.385. The van der Waals surface area contributed by atoms with Crippen LogP contribution in [0.1, 0.15) is 56.7 Å². The molecule has 0 amide bonds. The van der Waals surface area contributed by atoms with Gasteiger partial charge in [-0.3, -0.25) is 20.2 Å². The SMILES string of the molecule is O=[N+]([O-])c1cc(C(OC(c2ccc(Br)c([N+](=O)[O-])c2)C(c2ccccc2)(c2ccccc2)c2ccccc2)C(c2ccccc2)(c2ccccc2)c2ccccc2)ccc1Br. The molecule has 0 aliphatic carbocycles. The predicted octanol–water partition coefficient (Wildman–Crippen LogP) is 13.9. The molecule has 0 saturated carbocycles. The highest BCUT2D eigenvalue weighted by Crippen LogP contribution is 2.58. The Morgan fingerprint density at radius 3 is 0.820 bits per heavy atom. The fourth-order valence-electron chi connectivity index (χ4n) is 8.78. The Morgan fingerprint density at radius 2 is 0.607 bits per heavy atom. The number of nitro benzene ring substituents is 2. The minimum Gasteiger partial charge on any atom is -0.362 e. The Morgan fingerprint density at radius 1 is 0.377 bits per heavy atom. The van der Waals surface area contributed by atoms with E-state index >= 15 is 0 Å². The average Bonchev–Trinajstić information content (AvgIpc) is 3.31. The van der Waals surface area contributed by atoms with Gasteiger partial charge in [0.2, 0.25) is 0 Å². The third kappa shape index (κ3) is 7.72. The summed E-state index contributed by atoms with van der Waals surface area (Å²) in [6.07, 6.45) is -2.07. The maximum atomic E-state index is 12.8. The van der Waals surface area contributed by atoms with Gasteiger partial charge < -0.3 is 4.74 Å². The maximum Gasteiger partial charge on any atom is 0.283 e. The van der Waals surface area contributed by atoms with Gasteiger partial charge in [-0.25, -0.2) is 0 Å². The summed E-state index contributed by atoms with van der Waals surface area (Å²) in [5.74, 6) is 0. The molecule has 7 nitrogen and oxygen atoms in total. The maximum absolute atomic E-state index is 12.8. The third-order valence-electron chi connectivity index (χ3n) is 11.4. The van der Waals surface area contributed by atoms with Gasteiger partial charge in [0.1, 0.15) is 12.2 Å². The highest BCUT2D eigenvalue weighted by molar-refractivity contribution is 9.11. The van der Waals surface area contributed by atoms with E-state index in [-0.39, 0.29) is 11.4 Å². The molecule has 61 heavy (non-hydrogen) atoms. The second-order valence-corrected chi connectivity index (χ2v) is 16.4. The number of nitro groups is 2. The first-order valence-electron chi connectivity index (χ1n) is 19.6. The van der Waals surface area contributed by atoms with E-state index in [2.05, 4.69) is 105 Å². The van der Waals surface area contributed by atoms with Crippen molar-refractivity contribution in [1.29, 1.82) is 0 Å². The summed E-state index contributed by atoms with van der Waals surface area (Å²) in [6.45, 7) is 0. The van der Waals surface area contributed by atoms with Gasteiger partial charge in [-0.15, -0.1) is 0 Å². The van der Waals surface area contributed by atoms with Gasteiger partial charge in [0.15, 0.2) is 0 Å². The number of rotatable bonds is 14. The van der Waals surface area contributed by atoms with Crippen LogP contribution in [0.25, 0.3) is 0 Å². The van der Waals surface area contributed by atoms with Gasteiger partial charge in [0.05, 0.1) is 29.6 Å². The zero-order chi connectivity index (χ0) is 42.4. The van der Waals surface area contributed by atoms with Crippen molar-refractivity contribution >= 4 is 43.2 Å². The van der Waals surface area contributed by atoms with E-state index in [1.165, 1.54) is 0 Å². The van der Waals surface area contributed by atoms with E-state index in [1.807, 2.05) is 121 Å². The quantitative estimate of drug-likeness (QED) is 0.0615. The second kappa shape index (κ2) is 18.0. The van der Waals surface area contributed by atoms with Gasteiger partial charge >= 0.3 is 0 Å². The molecule has 0 heterocycles. The topological polar surface area (TPSA) is 95.5 Å². The van der Waals surface area contributed by atoms with Crippen molar-refractivity contribution in [3.8, 4) is 0 Å². The molecule has 0 aliphatic rings. The summed E-state index contributed by atoms with van der Waals surface area (Å²) in [5, 5.41) is 25.6. The molecule has 300 valence electrons. The summed E-state index contributed by atoms with van der Waals surface area (Å²) in [5.41, 5.74) is 3.62. The molecule has 8 aromatic carbocycles. The highest BCUT2D eigenvalue weighted by Gasteiger charge is 2.52. The average molecular weight is 931 g/mol. The molecule has 0 fully saturated rings. The van der Waals surface area contributed by atoms with Crippen LogP contribution in [-0.2, 0) is 15.6 Å². The Bertz CT molecular complexity index is 2380. The normalized spacial score (nSPS) is 12.6. The minimum atomic E-state index is -1.18. The number of halogens is 2. The molecule has 0 bridgehead atoms. The van der Waals surface area contributed by atoms with Crippen molar-refractivity contribution in [1.82, 2.24) is 0 Å². The van der Waals surface area contributed by atoms with Crippen LogP contribution in [0, 0.1) is 20.2 Å². The standard InChI is InChI=1S/C52H38Br2N2O5/c53-45-33-31-37(35-47(45)55(57)58)49(51(39-19-7-1-8-20-39,40-21-9-2-10-22-40)41-23-11-3-12-24-41)61-50(38-32-34-46(54)48(36-38)56(59)60)52(42-25-13-4-14-26-42,43-27-15-5-16-28-43)44-29-17-6-18-30-44/h1-36,49-50H. The van der Waals surface area contributed by atoms with Crippen LogP contribution in [0.5, 0.6) is 0 Å². The van der Waals surface area contributed by atoms with Gasteiger partial charge in [-0.05, 0) is 88.5 Å². The smallest absolute Gasteiger partial charge is 0.283 e. The number of ether oxygens (including phenoxy) is 1. The largest absolute Gasteiger partial charge is 0.362 e. The highest BCUT2D eigenvalue weighted by atomic mass is 79.9. The van der Waals surface area contributed by atoms with E-state index in [0.717, 1.165) is 33.4 Å². The lowest BCUT2D eigenvalue weighted by Crippen LogP contribution is -2.44. The van der Waals surface area contributed by atoms with Crippen LogP contribution >= 0.6 is 31.9 Å². The molecule has 0 radical (unpaired) electrons. The monoisotopic (exact) mass is 928 g/mol. The van der Waals surface area contributed by atoms with Crippen LogP contribution in [-0.4, -0.2) is 9.85 Å². The summed E-state index contributed by atoms with van der Waals surface area (Å²) in [4.78, 5) is 24.8. The molecular weight excluding hydrogens is 892 g/mol. The van der Waals surface area contributed by atoms with E-state index in [9.17, 15) is 20.2 Å². The molecule has 0 aliphatic heterocycles. The van der Waals surface area contributed by atoms with Gasteiger partial charge in [0, 0.05) is 12.1 Å². The zero-order valence-electron chi connectivity index (χ0n) is 32.6. The third-order valence-corrected chi connectivity index (χ3v) is 12.7. The summed E-state index contributed by atoms with van der Waals surface area (Å²) in [6, 6.07) is 70.5. The molecule has 9 heteroatoms. The van der Waals surface area contributed by atoms with E-state index < -0.39 is 32.9 Å². The van der Waals surface area contributed by atoms with Crippen molar-refractivity contribution < 1.29 is 14.6 Å². The molecule has 0 spiro atoms. The van der Waals surface area contributed by atoms with Crippen molar-refractivity contribution in [3.05, 3.63) is 292 Å². The second-order valence-electron chi connectivity index (χ2n) is 14.6. The van der Waals surface area contributed by atoms with Gasteiger partial charge in [0.25, 0.3) is 11.4 Å². The van der Waals surface area contributed by atoms with Crippen LogP contribution in [0.15, 0.2) is 227 Å². The van der Waals surface area contributed by atoms with E-state index in [0.29, 0.717) is 20.1 Å². The lowest BCUT2D eigenvalue weighted by atomic mass is 9.62. The fourth-order valence-corrected chi connectivity index (χ4v) is 9.56. The van der Waals surface area contributed by atoms with Crippen molar-refractivity contribution in [2.45, 2.75) is 23.0 Å². The first kappa shape index (κ1) is 41.2. The molecular formula is C52H38Br2N2O5. The number of nitrogens with zero attached hydrogens (tertiary/aromatic N) is 2. The van der Waals surface area contributed by atoms with Crippen LogP contribution in [0.2, 0.25) is 0 Å². The summed E-state index contributed by atoms with van der Waals surface area (Å²) < 4.78 is 8.79. The molecule has 8 rings (SSSR count). The van der Waals surface area contributed by atoms with E-state index in [1.54, 1.807) is 24.3 Å². The molecule has 0 N–H and O–H groups in total. The van der Waals surface area contributed by atoms with Crippen LogP contribution in [0.4, 0.5) is 11.4 Å². The predicted molar refractivity (Wildman–Crippen MR) is 247 cm³/mol. The minimum absolute atomic E-state index is 0.134. The Hall–Kier alpha value is -6.52. The number of hydrogen-bond donors (Lipinski definition) is 0. The zero-order valence-corrected chi connectivity index (χ0v) is 35.8. The first-order valence-corrected chi connectivity index (χ1v) is 21.2. The molecule has 0 aromatic heterocycles. The van der Waals surface area contributed by atoms with Crippen LogP contribution in [0.3, 0.4) is 0 Å². The Labute approximate surface area is 370 Å². The summed E-state index contributed by atoms with van der Waals surface area (Å²) >= 11 is 6.91. The molecule has 8 aromatic rings. The van der Waals surface area contributed by atoms with Crippen LogP contribution < -0.4 is 0 Å². The summed E-state index contributed by atoms with van der Waals surface area (Å²) in [7, 11) is 0. The lowest BCUT2D eigenvalue weighted by Gasteiger charge is -2.48. The molecule has 2 atom stereocenters. The van der Waals surface area contributed by atoms with Crippen molar-refractivity contribution in [2.24, 2.45) is 0 Å². The molecule has 0 saturated heterocycles. The Balaban J connectivity index is 1.58. The van der Waals surface area contributed by atoms with Gasteiger partial charge in [-0.1, -0.05) is 194 Å².